The summed E-state index contributed by atoms with van der Waals surface area (Å²) in [5.74, 6) is 0. The lowest BCUT2D eigenvalue weighted by Crippen LogP contribution is -2.00. The molecule has 0 bridgehead atoms. The van der Waals surface area contributed by atoms with E-state index in [1.54, 1.807) is 0 Å². The van der Waals surface area contributed by atoms with E-state index in [1.807, 2.05) is 27.7 Å². The van der Waals surface area contributed by atoms with Gasteiger partial charge in [-0.15, -0.1) is 0 Å². The van der Waals surface area contributed by atoms with Crippen LogP contribution in [0, 0.1) is 5.41 Å². The smallest absolute Gasteiger partial charge is 0.0385 e. The highest BCUT2D eigenvalue weighted by molar-refractivity contribution is 4.55. The summed E-state index contributed by atoms with van der Waals surface area (Å²) in [6.45, 7) is 16.9. The first-order valence-electron chi connectivity index (χ1n) is 4.56. The van der Waals surface area contributed by atoms with Crippen molar-refractivity contribution in [1.29, 1.82) is 0 Å². The van der Waals surface area contributed by atoms with Gasteiger partial charge >= 0.3 is 0 Å². The van der Waals surface area contributed by atoms with E-state index in [-0.39, 0.29) is 0 Å². The highest BCUT2D eigenvalue weighted by Gasteiger charge is 2.03. The van der Waals surface area contributed by atoms with Crippen LogP contribution in [0.25, 0.3) is 0 Å². The van der Waals surface area contributed by atoms with Gasteiger partial charge in [0.05, 0.1) is 0 Å². The third-order valence-electron chi connectivity index (χ3n) is 1.06. The molecule has 0 aliphatic carbocycles. The molecular weight excluding hydrogens is 120 g/mol. The fourth-order valence-corrected chi connectivity index (χ4v) is 0. The van der Waals surface area contributed by atoms with Crippen molar-refractivity contribution in [1.82, 2.24) is 0 Å². The highest BCUT2D eigenvalue weighted by Crippen LogP contribution is 2.16. The van der Waals surface area contributed by atoms with Crippen LogP contribution >= 0.6 is 0 Å². The van der Waals surface area contributed by atoms with E-state index in [2.05, 4.69) is 27.7 Å². The SMILES string of the molecule is CC.CC.CCC(C)(C)C. The van der Waals surface area contributed by atoms with E-state index < -0.39 is 0 Å². The van der Waals surface area contributed by atoms with Gasteiger partial charge in [-0.1, -0.05) is 61.8 Å². The van der Waals surface area contributed by atoms with Crippen molar-refractivity contribution in [2.24, 2.45) is 5.41 Å². The summed E-state index contributed by atoms with van der Waals surface area (Å²) in [5, 5.41) is 0. The Morgan fingerprint density at radius 2 is 0.900 bits per heavy atom. The van der Waals surface area contributed by atoms with Gasteiger partial charge in [-0.05, 0) is 5.41 Å². The Balaban J connectivity index is -0.000000105. The van der Waals surface area contributed by atoms with Crippen LogP contribution in [-0.4, -0.2) is 0 Å². The van der Waals surface area contributed by atoms with Gasteiger partial charge in [0.25, 0.3) is 0 Å². The maximum Gasteiger partial charge on any atom is -0.0385 e. The van der Waals surface area contributed by atoms with Gasteiger partial charge < -0.3 is 0 Å². The molecule has 66 valence electrons. The molecule has 0 saturated heterocycles. The standard InChI is InChI=1S/C6H14.2C2H6/c1-5-6(2,3)4;2*1-2/h5H2,1-4H3;2*1-2H3. The van der Waals surface area contributed by atoms with Crippen molar-refractivity contribution in [2.45, 2.75) is 61.8 Å². The Labute approximate surface area is 68.0 Å². The summed E-state index contributed by atoms with van der Waals surface area (Å²) in [7, 11) is 0. The number of hydrogen-bond acceptors (Lipinski definition) is 0. The quantitative estimate of drug-likeness (QED) is 0.472. The zero-order chi connectivity index (χ0) is 9.21. The fraction of sp³-hybridized carbons (Fsp3) is 1.00. The van der Waals surface area contributed by atoms with E-state index in [0.717, 1.165) is 0 Å². The van der Waals surface area contributed by atoms with Crippen LogP contribution in [0.4, 0.5) is 0 Å². The first-order chi connectivity index (χ1) is 4.56. The molecule has 0 radical (unpaired) electrons. The highest BCUT2D eigenvalue weighted by atomic mass is 14.1. The van der Waals surface area contributed by atoms with Gasteiger partial charge in [0.2, 0.25) is 0 Å². The number of rotatable bonds is 0. The third kappa shape index (κ3) is 43.6. The Bertz CT molecular complexity index is 29.8. The molecule has 0 fully saturated rings. The van der Waals surface area contributed by atoms with Gasteiger partial charge in [-0.25, -0.2) is 0 Å². The van der Waals surface area contributed by atoms with Gasteiger partial charge in [-0.3, -0.25) is 0 Å². The average molecular weight is 146 g/mol. The van der Waals surface area contributed by atoms with Gasteiger partial charge in [-0.2, -0.15) is 0 Å². The first-order valence-corrected chi connectivity index (χ1v) is 4.56. The molecule has 0 heteroatoms. The molecule has 0 nitrogen and oxygen atoms in total. The van der Waals surface area contributed by atoms with Crippen LogP contribution in [-0.2, 0) is 0 Å². The molecule has 0 amide bonds. The second-order valence-corrected chi connectivity index (χ2v) is 2.91. The van der Waals surface area contributed by atoms with Crippen molar-refractivity contribution in [3.63, 3.8) is 0 Å². The maximum absolute atomic E-state index is 2.24. The fourth-order valence-electron chi connectivity index (χ4n) is 0. The summed E-state index contributed by atoms with van der Waals surface area (Å²) in [6.07, 6.45) is 1.27. The van der Waals surface area contributed by atoms with Crippen LogP contribution in [0.2, 0.25) is 0 Å². The minimum absolute atomic E-state index is 0.542. The van der Waals surface area contributed by atoms with Crippen molar-refractivity contribution in [3.8, 4) is 0 Å². The molecule has 0 rings (SSSR count). The molecule has 0 aromatic carbocycles. The van der Waals surface area contributed by atoms with Crippen LogP contribution in [0.1, 0.15) is 61.8 Å². The Morgan fingerprint density at radius 1 is 0.800 bits per heavy atom. The summed E-state index contributed by atoms with van der Waals surface area (Å²) >= 11 is 0. The average Bonchev–Trinajstić information content (AvgIpc) is 1.95. The van der Waals surface area contributed by atoms with Crippen LogP contribution < -0.4 is 0 Å². The summed E-state index contributed by atoms with van der Waals surface area (Å²) < 4.78 is 0. The van der Waals surface area contributed by atoms with Crippen molar-refractivity contribution in [2.75, 3.05) is 0 Å². The second-order valence-electron chi connectivity index (χ2n) is 2.91. The largest absolute Gasteiger partial charge is 0.0683 e. The van der Waals surface area contributed by atoms with Gasteiger partial charge in [0.15, 0.2) is 0 Å². The molecule has 0 heterocycles. The summed E-state index contributed by atoms with van der Waals surface area (Å²) in [6, 6.07) is 0. The second kappa shape index (κ2) is 11.8. The first kappa shape index (κ1) is 16.5. The van der Waals surface area contributed by atoms with E-state index >= 15 is 0 Å². The van der Waals surface area contributed by atoms with Crippen molar-refractivity contribution in [3.05, 3.63) is 0 Å². The lowest BCUT2D eigenvalue weighted by Gasteiger charge is -2.12. The monoisotopic (exact) mass is 146 g/mol. The maximum atomic E-state index is 2.24. The third-order valence-corrected chi connectivity index (χ3v) is 1.06. The predicted octanol–water partition coefficient (Wildman–Crippen LogP) is 4.49. The van der Waals surface area contributed by atoms with E-state index in [1.165, 1.54) is 6.42 Å². The molecule has 0 unspecified atom stereocenters. The molecule has 0 aliphatic rings. The van der Waals surface area contributed by atoms with Crippen molar-refractivity contribution >= 4 is 0 Å². The van der Waals surface area contributed by atoms with E-state index in [4.69, 9.17) is 0 Å². The molecule has 0 aromatic heterocycles. The Hall–Kier alpha value is 0. The van der Waals surface area contributed by atoms with Crippen LogP contribution in [0.5, 0.6) is 0 Å². The van der Waals surface area contributed by atoms with Gasteiger partial charge in [0.1, 0.15) is 0 Å². The summed E-state index contributed by atoms with van der Waals surface area (Å²) in [5.41, 5.74) is 0.542. The number of hydrogen-bond donors (Lipinski definition) is 0. The molecule has 0 saturated carbocycles. The molecule has 0 N–H and O–H groups in total. The zero-order valence-electron chi connectivity index (χ0n) is 9.21. The predicted molar refractivity (Wildman–Crippen MR) is 52.4 cm³/mol. The Kier molecular flexibility index (Phi) is 19.4. The van der Waals surface area contributed by atoms with Crippen LogP contribution in [0.15, 0.2) is 0 Å². The lowest BCUT2D eigenvalue weighted by atomic mass is 9.94. The van der Waals surface area contributed by atoms with Crippen molar-refractivity contribution < 1.29 is 0 Å². The molecule has 0 spiro atoms. The minimum Gasteiger partial charge on any atom is -0.0683 e. The topological polar surface area (TPSA) is 0 Å². The van der Waals surface area contributed by atoms with E-state index in [0.29, 0.717) is 5.41 Å². The molecule has 0 atom stereocenters. The molecule has 10 heavy (non-hydrogen) atoms. The minimum atomic E-state index is 0.542. The summed E-state index contributed by atoms with van der Waals surface area (Å²) in [4.78, 5) is 0. The van der Waals surface area contributed by atoms with E-state index in [9.17, 15) is 0 Å². The molecular formula is C10H26. The lowest BCUT2D eigenvalue weighted by molar-refractivity contribution is 0.398. The Morgan fingerprint density at radius 3 is 0.900 bits per heavy atom. The normalized spacial score (nSPS) is 8.40. The zero-order valence-corrected chi connectivity index (χ0v) is 9.21. The van der Waals surface area contributed by atoms with Gasteiger partial charge in [0, 0.05) is 0 Å². The molecule has 0 aromatic rings. The van der Waals surface area contributed by atoms with Crippen LogP contribution in [0.3, 0.4) is 0 Å². The molecule has 0 aliphatic heterocycles.